The molecular formula is C11H13BrFN. The van der Waals surface area contributed by atoms with Crippen LogP contribution >= 0.6 is 15.9 Å². The third kappa shape index (κ3) is 1.98. The van der Waals surface area contributed by atoms with Crippen molar-refractivity contribution in [2.75, 3.05) is 6.54 Å². The van der Waals surface area contributed by atoms with Crippen LogP contribution in [0.5, 0.6) is 0 Å². The highest BCUT2D eigenvalue weighted by atomic mass is 79.9. The van der Waals surface area contributed by atoms with Gasteiger partial charge < -0.3 is 5.73 Å². The van der Waals surface area contributed by atoms with Crippen LogP contribution in [0.3, 0.4) is 0 Å². The van der Waals surface area contributed by atoms with Crippen LogP contribution in [0.4, 0.5) is 4.39 Å². The molecule has 2 rings (SSSR count). The Kier molecular flexibility index (Phi) is 2.62. The van der Waals surface area contributed by atoms with E-state index < -0.39 is 0 Å². The molecule has 1 aliphatic carbocycles. The molecule has 1 fully saturated rings. The van der Waals surface area contributed by atoms with Gasteiger partial charge in [-0.3, -0.25) is 0 Å². The van der Waals surface area contributed by atoms with Crippen LogP contribution in [0, 0.1) is 11.2 Å². The third-order valence-corrected chi connectivity index (χ3v) is 3.56. The first-order valence-electron chi connectivity index (χ1n) is 4.79. The van der Waals surface area contributed by atoms with E-state index in [9.17, 15) is 4.39 Å². The minimum atomic E-state index is -0.202. The highest BCUT2D eigenvalue weighted by Crippen LogP contribution is 2.47. The van der Waals surface area contributed by atoms with Crippen molar-refractivity contribution in [2.24, 2.45) is 11.1 Å². The third-order valence-electron chi connectivity index (χ3n) is 2.95. The molecule has 2 N–H and O–H groups in total. The van der Waals surface area contributed by atoms with E-state index in [0.29, 0.717) is 9.89 Å². The van der Waals surface area contributed by atoms with Crippen LogP contribution in [0.25, 0.3) is 0 Å². The van der Waals surface area contributed by atoms with Gasteiger partial charge >= 0.3 is 0 Å². The van der Waals surface area contributed by atoms with Crippen molar-refractivity contribution in [1.82, 2.24) is 0 Å². The molecule has 0 saturated heterocycles. The fraction of sp³-hybridized carbons (Fsp3) is 0.455. The van der Waals surface area contributed by atoms with E-state index in [1.54, 1.807) is 0 Å². The summed E-state index contributed by atoms with van der Waals surface area (Å²) in [5.41, 5.74) is 7.18. The molecule has 14 heavy (non-hydrogen) atoms. The molecule has 3 heteroatoms. The predicted molar refractivity (Wildman–Crippen MR) is 58.5 cm³/mol. The SMILES string of the molecule is NCC1(Cc2ccc(F)c(Br)c2)CC1. The number of nitrogens with two attached hydrogens (primary N) is 1. The van der Waals surface area contributed by atoms with Gasteiger partial charge in [0, 0.05) is 0 Å². The second-order valence-electron chi connectivity index (χ2n) is 4.13. The van der Waals surface area contributed by atoms with Crippen LogP contribution in [-0.4, -0.2) is 6.54 Å². The fourth-order valence-corrected chi connectivity index (χ4v) is 2.14. The molecular weight excluding hydrogens is 245 g/mol. The van der Waals surface area contributed by atoms with Crippen molar-refractivity contribution in [2.45, 2.75) is 19.3 Å². The van der Waals surface area contributed by atoms with E-state index in [-0.39, 0.29) is 5.82 Å². The summed E-state index contributed by atoms with van der Waals surface area (Å²) in [4.78, 5) is 0. The van der Waals surface area contributed by atoms with E-state index in [1.807, 2.05) is 12.1 Å². The molecule has 0 aromatic heterocycles. The summed E-state index contributed by atoms with van der Waals surface area (Å²) in [7, 11) is 0. The Bertz CT molecular complexity index is 347. The smallest absolute Gasteiger partial charge is 0.137 e. The number of halogens is 2. The zero-order chi connectivity index (χ0) is 10.2. The van der Waals surface area contributed by atoms with Gasteiger partial charge in [0.15, 0.2) is 0 Å². The van der Waals surface area contributed by atoms with E-state index in [4.69, 9.17) is 5.73 Å². The molecule has 76 valence electrons. The van der Waals surface area contributed by atoms with Crippen molar-refractivity contribution in [3.05, 3.63) is 34.1 Å². The topological polar surface area (TPSA) is 26.0 Å². The Morgan fingerprint density at radius 2 is 2.14 bits per heavy atom. The Morgan fingerprint density at radius 1 is 1.43 bits per heavy atom. The van der Waals surface area contributed by atoms with Gasteiger partial charge in [-0.25, -0.2) is 4.39 Å². The molecule has 0 unspecified atom stereocenters. The zero-order valence-corrected chi connectivity index (χ0v) is 9.48. The summed E-state index contributed by atoms with van der Waals surface area (Å²) in [5.74, 6) is -0.202. The number of hydrogen-bond donors (Lipinski definition) is 1. The lowest BCUT2D eigenvalue weighted by Crippen LogP contribution is -2.17. The number of rotatable bonds is 3. The summed E-state index contributed by atoms with van der Waals surface area (Å²) in [6, 6.07) is 5.20. The second-order valence-corrected chi connectivity index (χ2v) is 4.98. The molecule has 1 aromatic carbocycles. The molecule has 1 saturated carbocycles. The van der Waals surface area contributed by atoms with Crippen molar-refractivity contribution >= 4 is 15.9 Å². The van der Waals surface area contributed by atoms with E-state index in [1.165, 1.54) is 24.5 Å². The molecule has 0 radical (unpaired) electrons. The summed E-state index contributed by atoms with van der Waals surface area (Å²) in [6.07, 6.45) is 3.39. The van der Waals surface area contributed by atoms with Gasteiger partial charge in [-0.2, -0.15) is 0 Å². The first kappa shape index (κ1) is 10.1. The summed E-state index contributed by atoms with van der Waals surface area (Å²) in [5, 5.41) is 0. The lowest BCUT2D eigenvalue weighted by atomic mass is 9.97. The van der Waals surface area contributed by atoms with Crippen molar-refractivity contribution in [3.8, 4) is 0 Å². The van der Waals surface area contributed by atoms with Crippen LogP contribution in [0.2, 0.25) is 0 Å². The normalized spacial score (nSPS) is 18.2. The predicted octanol–water partition coefficient (Wildman–Crippen LogP) is 2.87. The maximum Gasteiger partial charge on any atom is 0.137 e. The van der Waals surface area contributed by atoms with Gasteiger partial charge in [0.25, 0.3) is 0 Å². The first-order chi connectivity index (χ1) is 6.65. The zero-order valence-electron chi connectivity index (χ0n) is 7.89. The van der Waals surface area contributed by atoms with Gasteiger partial charge in [-0.05, 0) is 64.8 Å². The van der Waals surface area contributed by atoms with Crippen molar-refractivity contribution in [1.29, 1.82) is 0 Å². The average molecular weight is 258 g/mol. The molecule has 0 heterocycles. The molecule has 0 bridgehead atoms. The highest BCUT2D eigenvalue weighted by molar-refractivity contribution is 9.10. The largest absolute Gasteiger partial charge is 0.330 e. The maximum absolute atomic E-state index is 13.0. The Balaban J connectivity index is 2.14. The minimum Gasteiger partial charge on any atom is -0.330 e. The van der Waals surface area contributed by atoms with Crippen LogP contribution in [0.1, 0.15) is 18.4 Å². The summed E-state index contributed by atoms with van der Waals surface area (Å²) in [6.45, 7) is 0.738. The van der Waals surface area contributed by atoms with Gasteiger partial charge in [0.1, 0.15) is 5.82 Å². The lowest BCUT2D eigenvalue weighted by molar-refractivity contribution is 0.520. The van der Waals surface area contributed by atoms with Gasteiger partial charge in [-0.15, -0.1) is 0 Å². The fourth-order valence-electron chi connectivity index (χ4n) is 1.71. The molecule has 0 amide bonds. The number of hydrogen-bond acceptors (Lipinski definition) is 1. The molecule has 0 aliphatic heterocycles. The van der Waals surface area contributed by atoms with Gasteiger partial charge in [0.2, 0.25) is 0 Å². The quantitative estimate of drug-likeness (QED) is 0.886. The Morgan fingerprint density at radius 3 is 2.64 bits per heavy atom. The van der Waals surface area contributed by atoms with Crippen molar-refractivity contribution < 1.29 is 4.39 Å². The van der Waals surface area contributed by atoms with Gasteiger partial charge in [0.05, 0.1) is 4.47 Å². The van der Waals surface area contributed by atoms with E-state index in [2.05, 4.69) is 15.9 Å². The average Bonchev–Trinajstić information content (AvgIpc) is 2.93. The summed E-state index contributed by atoms with van der Waals surface area (Å²) < 4.78 is 13.5. The molecule has 1 aromatic rings. The van der Waals surface area contributed by atoms with Crippen LogP contribution < -0.4 is 5.73 Å². The molecule has 0 atom stereocenters. The first-order valence-corrected chi connectivity index (χ1v) is 5.59. The van der Waals surface area contributed by atoms with E-state index >= 15 is 0 Å². The molecule has 0 spiro atoms. The lowest BCUT2D eigenvalue weighted by Gasteiger charge is -2.12. The summed E-state index contributed by atoms with van der Waals surface area (Å²) >= 11 is 3.19. The van der Waals surface area contributed by atoms with Crippen molar-refractivity contribution in [3.63, 3.8) is 0 Å². The van der Waals surface area contributed by atoms with Crippen LogP contribution in [-0.2, 0) is 6.42 Å². The maximum atomic E-state index is 13.0. The minimum absolute atomic E-state index is 0.202. The Labute approximate surface area is 91.6 Å². The second kappa shape index (κ2) is 3.63. The van der Waals surface area contributed by atoms with E-state index in [0.717, 1.165) is 13.0 Å². The Hall–Kier alpha value is -0.410. The standard InChI is InChI=1S/C11H13BrFN/c12-9-5-8(1-2-10(9)13)6-11(7-14)3-4-11/h1-2,5H,3-4,6-7,14H2. The highest BCUT2D eigenvalue weighted by Gasteiger charge is 2.40. The molecule has 1 aliphatic rings. The van der Waals surface area contributed by atoms with Gasteiger partial charge in [-0.1, -0.05) is 6.07 Å². The molecule has 1 nitrogen and oxygen atoms in total. The monoisotopic (exact) mass is 257 g/mol. The number of benzene rings is 1. The van der Waals surface area contributed by atoms with Crippen LogP contribution in [0.15, 0.2) is 22.7 Å².